The molecule has 2 aliphatic rings. The molecule has 3 heterocycles. The van der Waals surface area contributed by atoms with E-state index < -0.39 is 17.5 Å². The maximum absolute atomic E-state index is 14.9. The van der Waals surface area contributed by atoms with Crippen LogP contribution < -0.4 is 25.2 Å². The van der Waals surface area contributed by atoms with Crippen LogP contribution in [0.3, 0.4) is 0 Å². The van der Waals surface area contributed by atoms with Gasteiger partial charge in [0, 0.05) is 43.5 Å². The summed E-state index contributed by atoms with van der Waals surface area (Å²) in [4.78, 5) is 12.3. The SMILES string of the molecule is CC(C)N1CCOc2c(F)cc(-c3nc(Nc4ccc(N5CCNCC5)cc4F)ncc3F)cc21. The van der Waals surface area contributed by atoms with Crippen molar-refractivity contribution in [3.63, 3.8) is 0 Å². The second-order valence-electron chi connectivity index (χ2n) is 8.86. The van der Waals surface area contributed by atoms with Crippen LogP contribution in [0.5, 0.6) is 5.75 Å². The lowest BCUT2D eigenvalue weighted by atomic mass is 10.1. The van der Waals surface area contributed by atoms with Crippen molar-refractivity contribution in [3.05, 3.63) is 54.0 Å². The van der Waals surface area contributed by atoms with Gasteiger partial charge in [-0.1, -0.05) is 0 Å². The lowest BCUT2D eigenvalue weighted by molar-refractivity contribution is 0.287. The van der Waals surface area contributed by atoms with Gasteiger partial charge < -0.3 is 25.2 Å². The van der Waals surface area contributed by atoms with E-state index in [0.29, 0.717) is 18.8 Å². The van der Waals surface area contributed by atoms with Gasteiger partial charge in [0.25, 0.3) is 0 Å². The molecule has 7 nitrogen and oxygen atoms in total. The summed E-state index contributed by atoms with van der Waals surface area (Å²) in [5, 5.41) is 6.09. The molecule has 0 atom stereocenters. The highest BCUT2D eigenvalue weighted by Crippen LogP contribution is 2.39. The molecule has 1 fully saturated rings. The van der Waals surface area contributed by atoms with E-state index in [1.165, 1.54) is 12.1 Å². The molecule has 0 spiro atoms. The van der Waals surface area contributed by atoms with E-state index in [1.54, 1.807) is 12.1 Å². The van der Waals surface area contributed by atoms with E-state index >= 15 is 0 Å². The summed E-state index contributed by atoms with van der Waals surface area (Å²) in [5.74, 6) is -1.62. The minimum atomic E-state index is -0.711. The summed E-state index contributed by atoms with van der Waals surface area (Å²) < 4.78 is 50.0. The van der Waals surface area contributed by atoms with Gasteiger partial charge in [0.15, 0.2) is 17.4 Å². The molecular formula is C25H27F3N6O. The average molecular weight is 485 g/mol. The van der Waals surface area contributed by atoms with Crippen molar-refractivity contribution in [1.29, 1.82) is 0 Å². The second-order valence-corrected chi connectivity index (χ2v) is 8.86. The third-order valence-electron chi connectivity index (χ3n) is 6.23. The highest BCUT2D eigenvalue weighted by molar-refractivity contribution is 5.73. The Bertz CT molecular complexity index is 1230. The maximum atomic E-state index is 14.9. The summed E-state index contributed by atoms with van der Waals surface area (Å²) >= 11 is 0. The van der Waals surface area contributed by atoms with Gasteiger partial charge in [0.2, 0.25) is 5.95 Å². The quantitative estimate of drug-likeness (QED) is 0.559. The topological polar surface area (TPSA) is 65.6 Å². The number of fused-ring (bicyclic) bond motifs is 1. The van der Waals surface area contributed by atoms with Gasteiger partial charge in [0.1, 0.15) is 18.1 Å². The Morgan fingerprint density at radius 3 is 2.54 bits per heavy atom. The minimum Gasteiger partial charge on any atom is -0.486 e. The number of rotatable bonds is 5. The smallest absolute Gasteiger partial charge is 0.228 e. The van der Waals surface area contributed by atoms with E-state index in [-0.39, 0.29) is 34.7 Å². The first-order valence-corrected chi connectivity index (χ1v) is 11.7. The second kappa shape index (κ2) is 9.61. The van der Waals surface area contributed by atoms with Crippen LogP contribution >= 0.6 is 0 Å². The largest absolute Gasteiger partial charge is 0.486 e. The van der Waals surface area contributed by atoms with Crippen molar-refractivity contribution in [2.45, 2.75) is 19.9 Å². The Balaban J connectivity index is 1.44. The molecule has 0 amide bonds. The molecule has 1 saturated heterocycles. The zero-order valence-electron chi connectivity index (χ0n) is 19.6. The molecule has 5 rings (SSSR count). The minimum absolute atomic E-state index is 0.00492. The van der Waals surface area contributed by atoms with Crippen LogP contribution in [-0.4, -0.2) is 55.3 Å². The molecule has 35 heavy (non-hydrogen) atoms. The van der Waals surface area contributed by atoms with Crippen LogP contribution in [0.2, 0.25) is 0 Å². The third kappa shape index (κ3) is 4.70. The van der Waals surface area contributed by atoms with Crippen LogP contribution in [0.4, 0.5) is 36.2 Å². The molecule has 3 aromatic rings. The van der Waals surface area contributed by atoms with Crippen LogP contribution in [-0.2, 0) is 0 Å². The molecule has 0 radical (unpaired) electrons. The Kier molecular flexibility index (Phi) is 6.38. The summed E-state index contributed by atoms with van der Waals surface area (Å²) in [5.41, 5.74) is 1.66. The van der Waals surface area contributed by atoms with Gasteiger partial charge in [-0.3, -0.25) is 0 Å². The van der Waals surface area contributed by atoms with Crippen molar-refractivity contribution in [3.8, 4) is 17.0 Å². The van der Waals surface area contributed by atoms with Crippen LogP contribution in [0, 0.1) is 17.5 Å². The number of piperazine rings is 1. The number of ether oxygens (including phenoxy) is 1. The first-order valence-electron chi connectivity index (χ1n) is 11.7. The summed E-state index contributed by atoms with van der Waals surface area (Å²) in [6.45, 7) is 8.24. The van der Waals surface area contributed by atoms with E-state index in [2.05, 4.69) is 25.5 Å². The van der Waals surface area contributed by atoms with Gasteiger partial charge in [0.05, 0.1) is 24.1 Å². The monoisotopic (exact) mass is 484 g/mol. The number of anilines is 4. The van der Waals surface area contributed by atoms with E-state index in [4.69, 9.17) is 4.74 Å². The first-order chi connectivity index (χ1) is 16.9. The Morgan fingerprint density at radius 2 is 1.80 bits per heavy atom. The summed E-state index contributed by atoms with van der Waals surface area (Å²) in [7, 11) is 0. The van der Waals surface area contributed by atoms with E-state index in [0.717, 1.165) is 38.1 Å². The van der Waals surface area contributed by atoms with Crippen molar-refractivity contribution in [2.24, 2.45) is 0 Å². The molecular weight excluding hydrogens is 457 g/mol. The lowest BCUT2D eigenvalue weighted by Crippen LogP contribution is -2.43. The van der Waals surface area contributed by atoms with E-state index in [9.17, 15) is 13.2 Å². The zero-order valence-corrected chi connectivity index (χ0v) is 19.6. The van der Waals surface area contributed by atoms with Gasteiger partial charge in [-0.25, -0.2) is 23.1 Å². The number of nitrogens with one attached hydrogen (secondary N) is 2. The molecule has 2 aromatic carbocycles. The molecule has 2 N–H and O–H groups in total. The molecule has 1 aromatic heterocycles. The number of hydrogen-bond donors (Lipinski definition) is 2. The summed E-state index contributed by atoms with van der Waals surface area (Å²) in [6, 6.07) is 7.84. The van der Waals surface area contributed by atoms with E-state index in [1.807, 2.05) is 24.8 Å². The Morgan fingerprint density at radius 1 is 1.00 bits per heavy atom. The average Bonchev–Trinajstić information content (AvgIpc) is 2.86. The Labute approximate surface area is 201 Å². The first kappa shape index (κ1) is 23.2. The zero-order chi connectivity index (χ0) is 24.5. The number of nitrogens with zero attached hydrogens (tertiary/aromatic N) is 4. The molecule has 0 aliphatic carbocycles. The highest BCUT2D eigenvalue weighted by atomic mass is 19.1. The molecule has 2 aliphatic heterocycles. The predicted molar refractivity (Wildman–Crippen MR) is 130 cm³/mol. The van der Waals surface area contributed by atoms with Crippen LogP contribution in [0.15, 0.2) is 36.5 Å². The van der Waals surface area contributed by atoms with Crippen LogP contribution in [0.1, 0.15) is 13.8 Å². The van der Waals surface area contributed by atoms with Crippen molar-refractivity contribution >= 4 is 23.0 Å². The fourth-order valence-electron chi connectivity index (χ4n) is 4.45. The van der Waals surface area contributed by atoms with Crippen molar-refractivity contribution < 1.29 is 17.9 Å². The lowest BCUT2D eigenvalue weighted by Gasteiger charge is -2.34. The molecule has 184 valence electrons. The maximum Gasteiger partial charge on any atom is 0.228 e. The fraction of sp³-hybridized carbons (Fsp3) is 0.360. The molecule has 0 unspecified atom stereocenters. The standard InChI is InChI=1S/C25H27F3N6O/c1-15(2)34-9-10-35-24-19(27)11-16(12-22(24)34)23-20(28)14-30-25(32-23)31-21-4-3-17(13-18(21)26)33-7-5-29-6-8-33/h3-4,11-15,29H,5-10H2,1-2H3,(H,30,31,32). The number of aromatic nitrogens is 2. The number of hydrogen-bond acceptors (Lipinski definition) is 7. The van der Waals surface area contributed by atoms with Gasteiger partial charge in [-0.2, -0.15) is 0 Å². The molecule has 10 heteroatoms. The highest BCUT2D eigenvalue weighted by Gasteiger charge is 2.26. The Hall–Kier alpha value is -3.53. The molecule has 0 saturated carbocycles. The molecule has 0 bridgehead atoms. The number of benzene rings is 2. The van der Waals surface area contributed by atoms with Gasteiger partial charge in [-0.05, 0) is 44.2 Å². The normalized spacial score (nSPS) is 15.7. The van der Waals surface area contributed by atoms with Crippen LogP contribution in [0.25, 0.3) is 11.3 Å². The third-order valence-corrected chi connectivity index (χ3v) is 6.23. The van der Waals surface area contributed by atoms with Crippen molar-refractivity contribution in [1.82, 2.24) is 15.3 Å². The number of halogens is 3. The predicted octanol–water partition coefficient (Wildman–Crippen LogP) is 4.32. The van der Waals surface area contributed by atoms with Crippen molar-refractivity contribution in [2.75, 3.05) is 54.4 Å². The van der Waals surface area contributed by atoms with Gasteiger partial charge in [-0.15, -0.1) is 0 Å². The fourth-order valence-corrected chi connectivity index (χ4v) is 4.45. The van der Waals surface area contributed by atoms with Gasteiger partial charge >= 0.3 is 0 Å². The summed E-state index contributed by atoms with van der Waals surface area (Å²) in [6.07, 6.45) is 0.992.